The molecule has 0 bridgehead atoms. The Kier molecular flexibility index (Phi) is 4.00. The van der Waals surface area contributed by atoms with Crippen LogP contribution in [-0.2, 0) is 4.74 Å². The molecule has 0 atom stereocenters. The van der Waals surface area contributed by atoms with Gasteiger partial charge in [-0.2, -0.15) is 0 Å². The Balaban J connectivity index is 3.27. The van der Waals surface area contributed by atoms with Gasteiger partial charge < -0.3 is 14.6 Å². The molecule has 0 heterocycles. The first-order valence-electron chi connectivity index (χ1n) is 5.00. The number of rotatable bonds is 3. The fourth-order valence-electron chi connectivity index (χ4n) is 1.50. The first kappa shape index (κ1) is 12.9. The lowest BCUT2D eigenvalue weighted by Gasteiger charge is -2.13. The van der Waals surface area contributed by atoms with Gasteiger partial charge >= 0.3 is 5.97 Å². The molecule has 1 N–H and O–H groups in total. The summed E-state index contributed by atoms with van der Waals surface area (Å²) in [5, 5.41) is 9.93. The second-order valence-corrected chi connectivity index (χ2v) is 3.52. The predicted octanol–water partition coefficient (Wildman–Crippen LogP) is 1.81. The first-order valence-corrected chi connectivity index (χ1v) is 5.00. The zero-order valence-corrected chi connectivity index (χ0v) is 10.0. The number of ether oxygens (including phenoxy) is 2. The van der Waals surface area contributed by atoms with Gasteiger partial charge in [-0.05, 0) is 25.5 Å². The summed E-state index contributed by atoms with van der Waals surface area (Å²) in [5.41, 5.74) is 1.19. The van der Waals surface area contributed by atoms with Crippen LogP contribution in [0.5, 0.6) is 11.5 Å². The number of methoxy groups -OCH3 is 1. The molecule has 0 fully saturated rings. The maximum atomic E-state index is 11.5. The van der Waals surface area contributed by atoms with Crippen LogP contribution >= 0.6 is 0 Å². The lowest BCUT2D eigenvalue weighted by Crippen LogP contribution is -2.06. The van der Waals surface area contributed by atoms with E-state index >= 15 is 0 Å². The highest BCUT2D eigenvalue weighted by Crippen LogP contribution is 2.33. The van der Waals surface area contributed by atoms with Gasteiger partial charge in [0.2, 0.25) is 0 Å². The van der Waals surface area contributed by atoms with Gasteiger partial charge in [-0.3, -0.25) is 0 Å². The molecule has 1 rings (SSSR count). The zero-order valence-electron chi connectivity index (χ0n) is 10.0. The number of phenols is 1. The Morgan fingerprint density at radius 3 is 2.71 bits per heavy atom. The average Bonchev–Trinajstić information content (AvgIpc) is 2.31. The van der Waals surface area contributed by atoms with Gasteiger partial charge in [0.05, 0.1) is 7.11 Å². The Bertz CT molecular complexity index is 483. The Morgan fingerprint density at radius 1 is 1.53 bits per heavy atom. The fraction of sp³-hybridized carbons (Fsp3) is 0.308. The van der Waals surface area contributed by atoms with Crippen LogP contribution in [0.4, 0.5) is 0 Å². The Morgan fingerprint density at radius 2 is 2.18 bits per heavy atom. The minimum absolute atomic E-state index is 0.108. The first-order chi connectivity index (χ1) is 8.02. The number of benzene rings is 1. The van der Waals surface area contributed by atoms with E-state index in [0.717, 1.165) is 0 Å². The van der Waals surface area contributed by atoms with Crippen molar-refractivity contribution in [3.05, 3.63) is 22.8 Å². The molecule has 90 valence electrons. The summed E-state index contributed by atoms with van der Waals surface area (Å²) in [5.74, 6) is 2.09. The SMILES string of the molecule is C#CCOc1cc(C)c(C(=O)OC)c(O)c1C. The normalized spacial score (nSPS) is 9.53. The van der Waals surface area contributed by atoms with Crippen LogP contribution in [0.1, 0.15) is 21.5 Å². The summed E-state index contributed by atoms with van der Waals surface area (Å²) in [4.78, 5) is 11.5. The topological polar surface area (TPSA) is 55.8 Å². The van der Waals surface area contributed by atoms with Crippen molar-refractivity contribution in [2.75, 3.05) is 13.7 Å². The van der Waals surface area contributed by atoms with E-state index in [0.29, 0.717) is 16.9 Å². The minimum Gasteiger partial charge on any atom is -0.507 e. The fourth-order valence-corrected chi connectivity index (χ4v) is 1.50. The van der Waals surface area contributed by atoms with Crippen LogP contribution in [0.3, 0.4) is 0 Å². The van der Waals surface area contributed by atoms with E-state index in [1.165, 1.54) is 7.11 Å². The molecule has 0 amide bonds. The van der Waals surface area contributed by atoms with Crippen molar-refractivity contribution in [1.82, 2.24) is 0 Å². The number of hydrogen-bond donors (Lipinski definition) is 1. The number of phenolic OH excluding ortho intramolecular Hbond substituents is 1. The van der Waals surface area contributed by atoms with Gasteiger partial charge in [-0.15, -0.1) is 6.42 Å². The highest BCUT2D eigenvalue weighted by Gasteiger charge is 2.19. The van der Waals surface area contributed by atoms with Crippen molar-refractivity contribution >= 4 is 5.97 Å². The molecular weight excluding hydrogens is 220 g/mol. The van der Waals surface area contributed by atoms with E-state index in [9.17, 15) is 9.90 Å². The van der Waals surface area contributed by atoms with Gasteiger partial charge in [0, 0.05) is 5.56 Å². The molecule has 4 nitrogen and oxygen atoms in total. The molecule has 17 heavy (non-hydrogen) atoms. The molecule has 4 heteroatoms. The van der Waals surface area contributed by atoms with Crippen molar-refractivity contribution in [3.8, 4) is 23.8 Å². The highest BCUT2D eigenvalue weighted by molar-refractivity contribution is 5.95. The maximum absolute atomic E-state index is 11.5. The molecule has 0 aliphatic heterocycles. The Hall–Kier alpha value is -2.15. The second-order valence-electron chi connectivity index (χ2n) is 3.52. The van der Waals surface area contributed by atoms with E-state index in [1.54, 1.807) is 19.9 Å². The molecule has 0 saturated heterocycles. The lowest BCUT2D eigenvalue weighted by atomic mass is 10.0. The molecular formula is C13H14O4. The van der Waals surface area contributed by atoms with Crippen molar-refractivity contribution in [3.63, 3.8) is 0 Å². The summed E-state index contributed by atoms with van der Waals surface area (Å²) in [6.45, 7) is 3.44. The van der Waals surface area contributed by atoms with E-state index in [4.69, 9.17) is 11.2 Å². The van der Waals surface area contributed by atoms with Crippen molar-refractivity contribution in [1.29, 1.82) is 0 Å². The second kappa shape index (κ2) is 5.26. The monoisotopic (exact) mass is 234 g/mol. The standard InChI is InChI=1S/C13H14O4/c1-5-6-17-10-7-8(2)11(13(15)16-4)12(14)9(10)3/h1,7,14H,6H2,2-4H3. The largest absolute Gasteiger partial charge is 0.507 e. The summed E-state index contributed by atoms with van der Waals surface area (Å²) in [7, 11) is 1.26. The number of aromatic hydroxyl groups is 1. The summed E-state index contributed by atoms with van der Waals surface area (Å²) >= 11 is 0. The summed E-state index contributed by atoms with van der Waals surface area (Å²) in [6, 6.07) is 1.65. The van der Waals surface area contributed by atoms with Gasteiger partial charge in [-0.25, -0.2) is 4.79 Å². The third-order valence-electron chi connectivity index (χ3n) is 2.40. The molecule has 1 aromatic carbocycles. The van der Waals surface area contributed by atoms with Gasteiger partial charge in [-0.1, -0.05) is 5.92 Å². The van der Waals surface area contributed by atoms with Gasteiger partial charge in [0.25, 0.3) is 0 Å². The number of aryl methyl sites for hydroxylation is 1. The van der Waals surface area contributed by atoms with Crippen LogP contribution in [0.2, 0.25) is 0 Å². The van der Waals surface area contributed by atoms with Crippen molar-refractivity contribution in [2.24, 2.45) is 0 Å². The van der Waals surface area contributed by atoms with Crippen LogP contribution in [0.25, 0.3) is 0 Å². The molecule has 0 aliphatic rings. The Labute approximate surface area is 100 Å². The molecule has 0 radical (unpaired) electrons. The molecule has 0 unspecified atom stereocenters. The molecule has 0 saturated carbocycles. The number of terminal acetylenes is 1. The highest BCUT2D eigenvalue weighted by atomic mass is 16.5. The van der Waals surface area contributed by atoms with Gasteiger partial charge in [0.1, 0.15) is 23.7 Å². The van der Waals surface area contributed by atoms with E-state index in [1.807, 2.05) is 0 Å². The quantitative estimate of drug-likeness (QED) is 0.640. The predicted molar refractivity (Wildman–Crippen MR) is 63.2 cm³/mol. The van der Waals surface area contributed by atoms with E-state index in [2.05, 4.69) is 10.7 Å². The van der Waals surface area contributed by atoms with Crippen LogP contribution < -0.4 is 4.74 Å². The third-order valence-corrected chi connectivity index (χ3v) is 2.40. The van der Waals surface area contributed by atoms with Crippen LogP contribution in [-0.4, -0.2) is 24.8 Å². The van der Waals surface area contributed by atoms with E-state index < -0.39 is 5.97 Å². The molecule has 0 spiro atoms. The molecule has 0 aromatic heterocycles. The summed E-state index contributed by atoms with van der Waals surface area (Å²) < 4.78 is 9.87. The minimum atomic E-state index is -0.577. The number of carbonyl (C=O) groups is 1. The van der Waals surface area contributed by atoms with Gasteiger partial charge in [0.15, 0.2) is 0 Å². The smallest absolute Gasteiger partial charge is 0.341 e. The molecule has 1 aromatic rings. The number of hydrogen-bond acceptors (Lipinski definition) is 4. The average molecular weight is 234 g/mol. The van der Waals surface area contributed by atoms with Crippen molar-refractivity contribution in [2.45, 2.75) is 13.8 Å². The summed E-state index contributed by atoms with van der Waals surface area (Å²) in [6.07, 6.45) is 5.09. The van der Waals surface area contributed by atoms with Crippen molar-refractivity contribution < 1.29 is 19.4 Å². The zero-order chi connectivity index (χ0) is 13.0. The number of carbonyl (C=O) groups excluding carboxylic acids is 1. The van der Waals surface area contributed by atoms with E-state index in [-0.39, 0.29) is 17.9 Å². The lowest BCUT2D eigenvalue weighted by molar-refractivity contribution is 0.0596. The van der Waals surface area contributed by atoms with Crippen LogP contribution in [0, 0.1) is 26.2 Å². The third kappa shape index (κ3) is 2.51. The number of esters is 1. The van der Waals surface area contributed by atoms with Crippen LogP contribution in [0.15, 0.2) is 6.07 Å². The maximum Gasteiger partial charge on any atom is 0.341 e. The molecule has 0 aliphatic carbocycles.